The van der Waals surface area contributed by atoms with Crippen LogP contribution in [-0.4, -0.2) is 31.0 Å². The van der Waals surface area contributed by atoms with Gasteiger partial charge >= 0.3 is 0 Å². The molecule has 0 radical (unpaired) electrons. The Hall–Kier alpha value is -0.0600. The molecule has 64 valence electrons. The van der Waals surface area contributed by atoms with E-state index in [4.69, 9.17) is 11.6 Å². The maximum absolute atomic E-state index is 11.1. The quantitative estimate of drug-likeness (QED) is 0.482. The molecule has 0 unspecified atom stereocenters. The van der Waals surface area contributed by atoms with Crippen molar-refractivity contribution in [3.8, 4) is 0 Å². The van der Waals surface area contributed by atoms with Crippen molar-refractivity contribution >= 4 is 21.6 Å². The second-order valence-electron chi connectivity index (χ2n) is 2.34. The number of rotatable bonds is 2. The van der Waals surface area contributed by atoms with Crippen LogP contribution in [0.1, 0.15) is 6.42 Å². The molecule has 0 saturated heterocycles. The van der Waals surface area contributed by atoms with Gasteiger partial charge in [-0.25, -0.2) is 8.42 Å². The van der Waals surface area contributed by atoms with Gasteiger partial charge in [-0.05, 0) is 6.42 Å². The Morgan fingerprint density at radius 1 is 1.45 bits per heavy atom. The van der Waals surface area contributed by atoms with E-state index in [1.54, 1.807) is 0 Å². The maximum atomic E-state index is 11.1. The van der Waals surface area contributed by atoms with Gasteiger partial charge in [-0.3, -0.25) is 0 Å². The summed E-state index contributed by atoms with van der Waals surface area (Å²) in [6.07, 6.45) is 4.60. The molecule has 0 fully saturated rings. The number of hydrogen-bond acceptors (Lipinski definition) is 2. The summed E-state index contributed by atoms with van der Waals surface area (Å²) in [5.41, 5.74) is 0. The molecule has 1 heterocycles. The first-order chi connectivity index (χ1) is 5.17. The Morgan fingerprint density at radius 2 is 2.18 bits per heavy atom. The van der Waals surface area contributed by atoms with Gasteiger partial charge in [-0.2, -0.15) is 4.31 Å². The van der Waals surface area contributed by atoms with Crippen LogP contribution >= 0.6 is 11.6 Å². The zero-order chi connectivity index (χ0) is 8.32. The van der Waals surface area contributed by atoms with Gasteiger partial charge in [0.25, 0.3) is 0 Å². The number of hydrogen-bond donors (Lipinski definition) is 0. The topological polar surface area (TPSA) is 37.4 Å². The molecule has 0 aromatic rings. The zero-order valence-corrected chi connectivity index (χ0v) is 7.61. The average molecular weight is 196 g/mol. The molecule has 1 aliphatic rings. The molecule has 5 heteroatoms. The SMILES string of the molecule is O=S(=O)(CCl)N1CC=CCC1. The zero-order valence-electron chi connectivity index (χ0n) is 6.03. The lowest BCUT2D eigenvalue weighted by atomic mass is 10.3. The first kappa shape index (κ1) is 9.03. The van der Waals surface area contributed by atoms with Crippen LogP contribution in [0.3, 0.4) is 0 Å². The molecule has 1 aliphatic heterocycles. The van der Waals surface area contributed by atoms with E-state index < -0.39 is 10.0 Å². The van der Waals surface area contributed by atoms with Crippen molar-refractivity contribution in [2.75, 3.05) is 18.3 Å². The molecule has 0 aliphatic carbocycles. The van der Waals surface area contributed by atoms with Crippen LogP contribution < -0.4 is 0 Å². The Morgan fingerprint density at radius 3 is 2.64 bits per heavy atom. The summed E-state index contributed by atoms with van der Waals surface area (Å²) < 4.78 is 23.6. The monoisotopic (exact) mass is 195 g/mol. The summed E-state index contributed by atoms with van der Waals surface area (Å²) in [5, 5.41) is -0.319. The lowest BCUT2D eigenvalue weighted by Crippen LogP contribution is -2.34. The summed E-state index contributed by atoms with van der Waals surface area (Å²) in [6.45, 7) is 1.03. The minimum atomic E-state index is -3.17. The fraction of sp³-hybridized carbons (Fsp3) is 0.667. The van der Waals surface area contributed by atoms with E-state index in [2.05, 4.69) is 0 Å². The molecule has 0 N–H and O–H groups in total. The summed E-state index contributed by atoms with van der Waals surface area (Å²) in [4.78, 5) is 0. The fourth-order valence-corrected chi connectivity index (χ4v) is 2.19. The predicted octanol–water partition coefficient (Wildman–Crippen LogP) is 0.774. The first-order valence-electron chi connectivity index (χ1n) is 3.35. The van der Waals surface area contributed by atoms with Gasteiger partial charge in [-0.15, -0.1) is 11.6 Å². The van der Waals surface area contributed by atoms with Crippen molar-refractivity contribution in [2.24, 2.45) is 0 Å². The largest absolute Gasteiger partial charge is 0.228 e. The van der Waals surface area contributed by atoms with Gasteiger partial charge in [-0.1, -0.05) is 12.2 Å². The summed E-state index contributed by atoms with van der Waals surface area (Å²) in [5.74, 6) is 0. The Bertz CT molecular complexity index is 247. The third-order valence-electron chi connectivity index (χ3n) is 1.55. The molecule has 11 heavy (non-hydrogen) atoms. The lowest BCUT2D eigenvalue weighted by molar-refractivity contribution is 0.441. The van der Waals surface area contributed by atoms with E-state index >= 15 is 0 Å². The summed E-state index contributed by atoms with van der Waals surface area (Å²) >= 11 is 5.27. The molecule has 0 aromatic carbocycles. The van der Waals surface area contributed by atoms with Crippen molar-refractivity contribution in [3.05, 3.63) is 12.2 Å². The van der Waals surface area contributed by atoms with Crippen molar-refractivity contribution in [1.29, 1.82) is 0 Å². The van der Waals surface area contributed by atoms with Crippen molar-refractivity contribution in [3.63, 3.8) is 0 Å². The molecular formula is C6H10ClNO2S. The van der Waals surface area contributed by atoms with Crippen molar-refractivity contribution < 1.29 is 8.42 Å². The van der Waals surface area contributed by atoms with E-state index in [0.717, 1.165) is 6.42 Å². The van der Waals surface area contributed by atoms with Gasteiger partial charge in [0.15, 0.2) is 0 Å². The molecule has 0 atom stereocenters. The standard InChI is InChI=1S/C6H10ClNO2S/c7-6-11(9,10)8-4-2-1-3-5-8/h1-2H,3-6H2. The molecule has 0 spiro atoms. The second kappa shape index (κ2) is 3.56. The number of sulfonamides is 1. The van der Waals surface area contributed by atoms with Crippen LogP contribution in [0.2, 0.25) is 0 Å². The Kier molecular flexibility index (Phi) is 2.92. The normalized spacial score (nSPS) is 20.5. The molecule has 0 saturated carbocycles. The van der Waals surface area contributed by atoms with Crippen molar-refractivity contribution in [1.82, 2.24) is 4.31 Å². The average Bonchev–Trinajstić information content (AvgIpc) is 2.06. The molecule has 0 amide bonds. The highest BCUT2D eigenvalue weighted by atomic mass is 35.5. The molecule has 3 nitrogen and oxygen atoms in total. The van der Waals surface area contributed by atoms with Gasteiger partial charge in [0.05, 0.1) is 0 Å². The van der Waals surface area contributed by atoms with Crippen LogP contribution in [0.15, 0.2) is 12.2 Å². The van der Waals surface area contributed by atoms with Crippen LogP contribution in [-0.2, 0) is 10.0 Å². The summed E-state index contributed by atoms with van der Waals surface area (Å²) in [6, 6.07) is 0. The Balaban J connectivity index is 2.68. The van der Waals surface area contributed by atoms with Crippen LogP contribution in [0.4, 0.5) is 0 Å². The number of nitrogens with zero attached hydrogens (tertiary/aromatic N) is 1. The van der Waals surface area contributed by atoms with Crippen molar-refractivity contribution in [2.45, 2.75) is 6.42 Å². The molecule has 1 rings (SSSR count). The lowest BCUT2D eigenvalue weighted by Gasteiger charge is -2.20. The number of alkyl halides is 1. The predicted molar refractivity (Wildman–Crippen MR) is 45.0 cm³/mol. The second-order valence-corrected chi connectivity index (χ2v) is 4.89. The highest BCUT2D eigenvalue weighted by Crippen LogP contribution is 2.08. The maximum Gasteiger partial charge on any atom is 0.228 e. The third kappa shape index (κ3) is 2.18. The van der Waals surface area contributed by atoms with E-state index in [0.29, 0.717) is 13.1 Å². The third-order valence-corrected chi connectivity index (χ3v) is 3.77. The smallest absolute Gasteiger partial charge is 0.211 e. The van der Waals surface area contributed by atoms with E-state index in [9.17, 15) is 8.42 Å². The van der Waals surface area contributed by atoms with Gasteiger partial charge in [0, 0.05) is 13.1 Å². The van der Waals surface area contributed by atoms with Gasteiger partial charge in [0.1, 0.15) is 5.21 Å². The highest BCUT2D eigenvalue weighted by molar-refractivity contribution is 7.90. The van der Waals surface area contributed by atoms with E-state index in [-0.39, 0.29) is 5.21 Å². The van der Waals surface area contributed by atoms with Crippen LogP contribution in [0.5, 0.6) is 0 Å². The Labute approximate surface area is 71.7 Å². The van der Waals surface area contributed by atoms with Gasteiger partial charge in [0.2, 0.25) is 10.0 Å². The first-order valence-corrected chi connectivity index (χ1v) is 5.50. The highest BCUT2D eigenvalue weighted by Gasteiger charge is 2.19. The van der Waals surface area contributed by atoms with Crippen LogP contribution in [0.25, 0.3) is 0 Å². The molecule has 0 bridgehead atoms. The van der Waals surface area contributed by atoms with E-state index in [1.165, 1.54) is 4.31 Å². The van der Waals surface area contributed by atoms with E-state index in [1.807, 2.05) is 12.2 Å². The number of halogens is 1. The summed E-state index contributed by atoms with van der Waals surface area (Å²) in [7, 11) is -3.17. The van der Waals surface area contributed by atoms with Gasteiger partial charge < -0.3 is 0 Å². The minimum absolute atomic E-state index is 0.319. The van der Waals surface area contributed by atoms with Crippen LogP contribution in [0, 0.1) is 0 Å². The fourth-order valence-electron chi connectivity index (χ4n) is 0.941. The minimum Gasteiger partial charge on any atom is -0.211 e. The molecular weight excluding hydrogens is 186 g/mol. The molecule has 0 aromatic heterocycles.